The third-order valence-electron chi connectivity index (χ3n) is 8.97. The molecule has 0 bridgehead atoms. The molecule has 0 aliphatic carbocycles. The number of benzene rings is 3. The van der Waals surface area contributed by atoms with Crippen molar-refractivity contribution in [2.24, 2.45) is 17.3 Å². The van der Waals surface area contributed by atoms with E-state index in [1.807, 2.05) is 27.7 Å². The number of aromatic nitrogens is 2. The Labute approximate surface area is 309 Å². The van der Waals surface area contributed by atoms with Gasteiger partial charge in [0, 0.05) is 38.0 Å². The summed E-state index contributed by atoms with van der Waals surface area (Å²) in [6.45, 7) is 22.2. The molecule has 1 N–H and O–H groups in total. The van der Waals surface area contributed by atoms with Crippen LogP contribution in [-0.2, 0) is 31.3 Å². The van der Waals surface area contributed by atoms with Gasteiger partial charge in [-0.15, -0.1) is 0 Å². The van der Waals surface area contributed by atoms with E-state index in [0.29, 0.717) is 0 Å². The van der Waals surface area contributed by atoms with Crippen molar-refractivity contribution in [2.75, 3.05) is 0 Å². The van der Waals surface area contributed by atoms with Gasteiger partial charge in [-0.05, 0) is 25.7 Å². The third kappa shape index (κ3) is 9.64. The molecule has 4 nitrogen and oxygen atoms in total. The average Bonchev–Trinajstić information content (AvgIpc) is 3.38. The van der Waals surface area contributed by atoms with Crippen LogP contribution in [0, 0.1) is 23.3 Å². The first-order valence-corrected chi connectivity index (χ1v) is 22.5. The number of hydrogen-bond acceptors (Lipinski definition) is 4. The van der Waals surface area contributed by atoms with Crippen molar-refractivity contribution in [1.82, 2.24) is 9.97 Å². The fourth-order valence-electron chi connectivity index (χ4n) is 6.29. The van der Waals surface area contributed by atoms with Gasteiger partial charge in [0.15, 0.2) is 5.78 Å². The minimum Gasteiger partial charge on any atom is -0.512 e. The van der Waals surface area contributed by atoms with Crippen LogP contribution in [0.1, 0.15) is 79.7 Å². The maximum absolute atomic E-state index is 11.7. The zero-order valence-corrected chi connectivity index (χ0v) is 35.6. The van der Waals surface area contributed by atoms with Gasteiger partial charge >= 0.3 is 198 Å². The summed E-state index contributed by atoms with van der Waals surface area (Å²) in [7, 11) is -1.54. The Morgan fingerprint density at radius 1 is 0.917 bits per heavy atom. The Morgan fingerprint density at radius 2 is 1.56 bits per heavy atom. The van der Waals surface area contributed by atoms with Crippen LogP contribution in [0.25, 0.3) is 41.5 Å². The van der Waals surface area contributed by atoms with Crippen molar-refractivity contribution in [1.29, 1.82) is 0 Å². The molecule has 7 heteroatoms. The number of carbonyl (C=O) groups excluding carboxylic acids is 1. The van der Waals surface area contributed by atoms with E-state index >= 15 is 0 Å². The maximum atomic E-state index is 11.7. The largest absolute Gasteiger partial charge is 0.512 e. The zero-order valence-electron chi connectivity index (χ0n) is 30.5. The molecule has 0 saturated carbocycles. The number of allylic oxidation sites excluding steroid dienone is 2. The first kappa shape index (κ1) is 40.0. The summed E-state index contributed by atoms with van der Waals surface area (Å²) in [6, 6.07) is 21.7. The summed E-state index contributed by atoms with van der Waals surface area (Å²) in [5.41, 5.74) is 4.99. The molecule has 0 aliphatic heterocycles. The SMILES string of the molecule is CC(C)(C)Cc1ccc2c(c1)[se]c1c(-c3[c-]c4ccccc4c([Si](C)(C)C)c3)ncnc12.CCC(CC)C(=O)/C=C(\O)C(CC)CC.[Ir]. The first-order valence-electron chi connectivity index (χ1n) is 17.3. The molecule has 3 aromatic carbocycles. The van der Waals surface area contributed by atoms with Crippen molar-refractivity contribution in [3.63, 3.8) is 0 Å². The zero-order chi connectivity index (χ0) is 34.5. The molecule has 259 valence electrons. The van der Waals surface area contributed by atoms with Crippen LogP contribution in [0.5, 0.6) is 0 Å². The van der Waals surface area contributed by atoms with Crippen LogP contribution in [-0.4, -0.2) is 43.4 Å². The van der Waals surface area contributed by atoms with E-state index in [2.05, 4.69) is 95.0 Å². The molecular weight excluding hydrogens is 852 g/mol. The quantitative estimate of drug-likeness (QED) is 0.0657. The second-order valence-corrected chi connectivity index (χ2v) is 22.2. The Balaban J connectivity index is 0.000000334. The molecule has 0 fully saturated rings. The van der Waals surface area contributed by atoms with Gasteiger partial charge in [-0.25, -0.2) is 0 Å². The predicted molar refractivity (Wildman–Crippen MR) is 206 cm³/mol. The number of rotatable bonds is 10. The number of aliphatic hydroxyl groups is 1. The van der Waals surface area contributed by atoms with Gasteiger partial charge in [-0.3, -0.25) is 4.79 Å². The molecule has 5 aromatic rings. The van der Waals surface area contributed by atoms with Gasteiger partial charge in [0.1, 0.15) is 0 Å². The van der Waals surface area contributed by atoms with E-state index in [1.165, 1.54) is 41.5 Å². The fourth-order valence-corrected chi connectivity index (χ4v) is 10.5. The minimum absolute atomic E-state index is 0. The smallest absolute Gasteiger partial charge is 0.162 e. The van der Waals surface area contributed by atoms with Crippen LogP contribution in [0.15, 0.2) is 66.7 Å². The minimum atomic E-state index is -1.54. The third-order valence-corrected chi connectivity index (χ3v) is 13.4. The normalized spacial score (nSPS) is 12.5. The molecule has 0 aliphatic rings. The van der Waals surface area contributed by atoms with Crippen LogP contribution < -0.4 is 5.19 Å². The monoisotopic (exact) mass is 906 g/mol. The molecule has 1 radical (unpaired) electrons. The van der Waals surface area contributed by atoms with E-state index in [9.17, 15) is 9.90 Å². The number of fused-ring (bicyclic) bond motifs is 4. The van der Waals surface area contributed by atoms with Crippen LogP contribution in [0.2, 0.25) is 19.6 Å². The van der Waals surface area contributed by atoms with Crippen molar-refractivity contribution in [3.8, 4) is 11.3 Å². The van der Waals surface area contributed by atoms with E-state index in [1.54, 1.807) is 6.33 Å². The van der Waals surface area contributed by atoms with Gasteiger partial charge in [-0.1, -0.05) is 27.7 Å². The van der Waals surface area contributed by atoms with E-state index in [4.69, 9.17) is 9.97 Å². The Kier molecular flexibility index (Phi) is 14.2. The van der Waals surface area contributed by atoms with Crippen LogP contribution >= 0.6 is 0 Å². The number of ketones is 1. The Hall–Kier alpha value is -2.40. The Morgan fingerprint density at radius 3 is 2.17 bits per heavy atom. The molecule has 0 spiro atoms. The van der Waals surface area contributed by atoms with Gasteiger partial charge in [0.2, 0.25) is 0 Å². The molecule has 48 heavy (non-hydrogen) atoms. The molecule has 2 aromatic heterocycles. The second-order valence-electron chi connectivity index (χ2n) is 15.0. The van der Waals surface area contributed by atoms with Crippen molar-refractivity contribution < 1.29 is 30.0 Å². The maximum Gasteiger partial charge on any atom is 0.162 e. The van der Waals surface area contributed by atoms with E-state index in [-0.39, 0.29) is 63.4 Å². The molecule has 0 atom stereocenters. The predicted octanol–water partition coefficient (Wildman–Crippen LogP) is 10.5. The molecule has 0 saturated heterocycles. The number of aliphatic hydroxyl groups excluding tert-OH is 1. The summed E-state index contributed by atoms with van der Waals surface area (Å²) in [5, 5.41) is 15.0. The molecule has 0 amide bonds. The van der Waals surface area contributed by atoms with Gasteiger partial charge in [0.25, 0.3) is 0 Å². The van der Waals surface area contributed by atoms with Gasteiger partial charge in [0.05, 0.1) is 5.76 Å². The molecule has 2 heterocycles. The fraction of sp³-hybridized carbons (Fsp3) is 0.439. The summed E-state index contributed by atoms with van der Waals surface area (Å²) in [4.78, 5) is 21.2. The summed E-state index contributed by atoms with van der Waals surface area (Å²) >= 11 is 0.202. The standard InChI is InChI=1S/C28H29N2SeSi.C13H24O2.Ir/c1-28(2,3)16-18-11-12-22-23(13-18)31-27-25(29-17-30-26(22)27)20-14-19-9-7-8-10-21(19)24(15-20)32(4,5)6;1-5-10(6-2)12(14)9-13(15)11(7-3)8-4;/h7-13,15,17H,16H2,1-6H3;9-11,14H,5-8H2,1-4H3;/q-1;;/b;12-9-;. The second kappa shape index (κ2) is 17.0. The number of nitrogens with zero attached hydrogens (tertiary/aromatic N) is 2. The molecule has 0 unspecified atom stereocenters. The summed E-state index contributed by atoms with van der Waals surface area (Å²) in [5.74, 6) is 0.547. The van der Waals surface area contributed by atoms with Crippen LogP contribution in [0.3, 0.4) is 0 Å². The van der Waals surface area contributed by atoms with Crippen LogP contribution in [0.4, 0.5) is 0 Å². The summed E-state index contributed by atoms with van der Waals surface area (Å²) in [6.07, 6.45) is 7.73. The van der Waals surface area contributed by atoms with Gasteiger partial charge in [-0.2, -0.15) is 0 Å². The summed E-state index contributed by atoms with van der Waals surface area (Å²) < 4.78 is 2.73. The number of hydrogen-bond donors (Lipinski definition) is 1. The van der Waals surface area contributed by atoms with E-state index in [0.717, 1.165) is 48.9 Å². The van der Waals surface area contributed by atoms with Crippen molar-refractivity contribution in [3.05, 3.63) is 78.3 Å². The van der Waals surface area contributed by atoms with Crippen molar-refractivity contribution >= 4 is 63.7 Å². The van der Waals surface area contributed by atoms with Gasteiger partial charge < -0.3 is 5.11 Å². The Bertz CT molecular complexity index is 1880. The molecule has 5 rings (SSSR count). The van der Waals surface area contributed by atoms with E-state index < -0.39 is 8.07 Å². The topological polar surface area (TPSA) is 63.1 Å². The number of carbonyl (C=O) groups is 1. The first-order chi connectivity index (χ1) is 22.2. The average molecular weight is 905 g/mol. The molecular formula is C41H53IrN2O2SeSi-. The van der Waals surface area contributed by atoms with Crippen molar-refractivity contribution in [2.45, 2.75) is 100 Å².